The summed E-state index contributed by atoms with van der Waals surface area (Å²) >= 11 is 0. The van der Waals surface area contributed by atoms with Gasteiger partial charge in [-0.3, -0.25) is 4.79 Å². The number of nitrogens with one attached hydrogen (secondary N) is 1. The Morgan fingerprint density at radius 1 is 1.43 bits per heavy atom. The van der Waals surface area contributed by atoms with Crippen molar-refractivity contribution >= 4 is 18.3 Å². The molecule has 1 aromatic heterocycles. The molecule has 0 aromatic carbocycles. The van der Waals surface area contributed by atoms with Crippen LogP contribution < -0.4 is 11.1 Å². The van der Waals surface area contributed by atoms with Crippen molar-refractivity contribution in [1.82, 2.24) is 10.5 Å². The maximum absolute atomic E-state index is 12.3. The molecule has 1 saturated carbocycles. The van der Waals surface area contributed by atoms with Crippen LogP contribution in [0.25, 0.3) is 0 Å². The Hall–Kier alpha value is -1.07. The van der Waals surface area contributed by atoms with Crippen LogP contribution >= 0.6 is 12.4 Å². The van der Waals surface area contributed by atoms with Crippen molar-refractivity contribution in [1.29, 1.82) is 0 Å². The molecule has 21 heavy (non-hydrogen) atoms. The van der Waals surface area contributed by atoms with Crippen LogP contribution in [0.4, 0.5) is 0 Å². The number of hydrogen-bond donors (Lipinski definition) is 2. The Balaban J connectivity index is 0.00000220. The zero-order valence-corrected chi connectivity index (χ0v) is 13.7. The summed E-state index contributed by atoms with van der Waals surface area (Å²) in [6, 6.07) is 1.77. The number of hydrogen-bond acceptors (Lipinski definition) is 4. The third kappa shape index (κ3) is 3.98. The second kappa shape index (κ2) is 7.80. The molecule has 0 saturated heterocycles. The third-order valence-corrected chi connectivity index (χ3v) is 4.49. The number of halogens is 1. The van der Waals surface area contributed by atoms with Crippen LogP contribution in [0, 0.1) is 0 Å². The molecule has 1 aliphatic carbocycles. The van der Waals surface area contributed by atoms with E-state index in [2.05, 4.69) is 24.3 Å². The summed E-state index contributed by atoms with van der Waals surface area (Å²) in [5, 5.41) is 7.08. The van der Waals surface area contributed by atoms with Crippen LogP contribution in [-0.4, -0.2) is 23.1 Å². The molecule has 1 amide bonds. The van der Waals surface area contributed by atoms with Crippen LogP contribution in [0.2, 0.25) is 0 Å². The van der Waals surface area contributed by atoms with Gasteiger partial charge in [-0.05, 0) is 25.7 Å². The normalized spacial score (nSPS) is 16.8. The molecule has 5 nitrogen and oxygen atoms in total. The highest BCUT2D eigenvalue weighted by atomic mass is 35.5. The second-order valence-corrected chi connectivity index (χ2v) is 5.78. The highest BCUT2D eigenvalue weighted by Crippen LogP contribution is 2.29. The standard InChI is InChI=1S/C15H25N3O2.ClH/c1-3-11(4-2)12-9-13(20-18-12)14(19)17-15(10-16)7-5-6-8-15;/h9,11H,3-8,10,16H2,1-2H3,(H,17,19);1H. The summed E-state index contributed by atoms with van der Waals surface area (Å²) in [6.07, 6.45) is 6.12. The molecule has 0 aliphatic heterocycles. The predicted octanol–water partition coefficient (Wildman–Crippen LogP) is 3.00. The van der Waals surface area contributed by atoms with E-state index in [1.54, 1.807) is 6.07 Å². The van der Waals surface area contributed by atoms with Crippen molar-refractivity contribution in [2.45, 2.75) is 63.8 Å². The van der Waals surface area contributed by atoms with Crippen LogP contribution in [-0.2, 0) is 0 Å². The first-order valence-corrected chi connectivity index (χ1v) is 7.63. The fourth-order valence-corrected chi connectivity index (χ4v) is 3.03. The summed E-state index contributed by atoms with van der Waals surface area (Å²) in [5.74, 6) is 0.462. The lowest BCUT2D eigenvalue weighted by molar-refractivity contribution is 0.0865. The molecule has 0 unspecified atom stereocenters. The van der Waals surface area contributed by atoms with E-state index >= 15 is 0 Å². The molecule has 120 valence electrons. The fraction of sp³-hybridized carbons (Fsp3) is 0.733. The molecule has 0 atom stereocenters. The lowest BCUT2D eigenvalue weighted by atomic mass is 9.97. The summed E-state index contributed by atoms with van der Waals surface area (Å²) in [4.78, 5) is 12.3. The minimum atomic E-state index is -0.251. The fourth-order valence-electron chi connectivity index (χ4n) is 3.03. The van der Waals surface area contributed by atoms with Crippen molar-refractivity contribution in [3.63, 3.8) is 0 Å². The zero-order chi connectivity index (χ0) is 14.6. The molecule has 1 fully saturated rings. The molecule has 3 N–H and O–H groups in total. The molecular formula is C15H26ClN3O2. The maximum atomic E-state index is 12.3. The maximum Gasteiger partial charge on any atom is 0.290 e. The highest BCUT2D eigenvalue weighted by Gasteiger charge is 2.35. The van der Waals surface area contributed by atoms with Gasteiger partial charge in [-0.2, -0.15) is 0 Å². The van der Waals surface area contributed by atoms with Gasteiger partial charge in [-0.1, -0.05) is 31.8 Å². The molecule has 1 aliphatic rings. The van der Waals surface area contributed by atoms with E-state index < -0.39 is 0 Å². The van der Waals surface area contributed by atoms with Gasteiger partial charge in [0.2, 0.25) is 5.76 Å². The third-order valence-electron chi connectivity index (χ3n) is 4.49. The lowest BCUT2D eigenvalue weighted by Gasteiger charge is -2.27. The van der Waals surface area contributed by atoms with Gasteiger partial charge in [0, 0.05) is 18.5 Å². The number of carbonyl (C=O) groups excluding carboxylic acids is 1. The van der Waals surface area contributed by atoms with Gasteiger partial charge in [0.25, 0.3) is 5.91 Å². The molecular weight excluding hydrogens is 290 g/mol. The Bertz CT molecular complexity index is 452. The van der Waals surface area contributed by atoms with Gasteiger partial charge in [-0.15, -0.1) is 12.4 Å². The van der Waals surface area contributed by atoms with Crippen molar-refractivity contribution in [2.75, 3.05) is 6.54 Å². The van der Waals surface area contributed by atoms with Gasteiger partial charge in [-0.25, -0.2) is 0 Å². The SMILES string of the molecule is CCC(CC)c1cc(C(=O)NC2(CN)CCCC2)on1.Cl. The molecule has 1 heterocycles. The summed E-state index contributed by atoms with van der Waals surface area (Å²) in [6.45, 7) is 4.71. The van der Waals surface area contributed by atoms with Crippen molar-refractivity contribution in [3.8, 4) is 0 Å². The lowest BCUT2D eigenvalue weighted by Crippen LogP contribution is -2.51. The van der Waals surface area contributed by atoms with Crippen molar-refractivity contribution < 1.29 is 9.32 Å². The first kappa shape index (κ1) is 18.0. The minimum absolute atomic E-state index is 0. The summed E-state index contributed by atoms with van der Waals surface area (Å²) < 4.78 is 5.21. The van der Waals surface area contributed by atoms with Gasteiger partial charge in [0.05, 0.1) is 11.2 Å². The van der Waals surface area contributed by atoms with Crippen molar-refractivity contribution in [2.24, 2.45) is 5.73 Å². The monoisotopic (exact) mass is 315 g/mol. The summed E-state index contributed by atoms with van der Waals surface area (Å²) in [7, 11) is 0. The van der Waals surface area contributed by atoms with Crippen LogP contribution in [0.15, 0.2) is 10.6 Å². The Morgan fingerprint density at radius 3 is 2.57 bits per heavy atom. The van der Waals surface area contributed by atoms with Crippen molar-refractivity contribution in [3.05, 3.63) is 17.5 Å². The average Bonchev–Trinajstić information content (AvgIpc) is 3.10. The van der Waals surface area contributed by atoms with Crippen LogP contribution in [0.1, 0.15) is 74.5 Å². The van der Waals surface area contributed by atoms with Gasteiger partial charge in [0.1, 0.15) is 0 Å². The number of carbonyl (C=O) groups is 1. The smallest absolute Gasteiger partial charge is 0.290 e. The second-order valence-electron chi connectivity index (χ2n) is 5.78. The predicted molar refractivity (Wildman–Crippen MR) is 84.8 cm³/mol. The molecule has 0 spiro atoms. The van der Waals surface area contributed by atoms with E-state index in [-0.39, 0.29) is 23.9 Å². The van der Waals surface area contributed by atoms with E-state index in [4.69, 9.17) is 10.3 Å². The highest BCUT2D eigenvalue weighted by molar-refractivity contribution is 5.92. The summed E-state index contributed by atoms with van der Waals surface area (Å²) in [5.41, 5.74) is 6.45. The first-order valence-electron chi connectivity index (χ1n) is 7.63. The molecule has 6 heteroatoms. The Kier molecular flexibility index (Phi) is 6.68. The van der Waals surface area contributed by atoms with Gasteiger partial charge in [0.15, 0.2) is 0 Å². The van der Waals surface area contributed by atoms with Gasteiger partial charge < -0.3 is 15.6 Å². The van der Waals surface area contributed by atoms with Crippen LogP contribution in [0.5, 0.6) is 0 Å². The zero-order valence-electron chi connectivity index (χ0n) is 12.9. The Labute approximate surface area is 132 Å². The molecule has 0 radical (unpaired) electrons. The number of nitrogens with two attached hydrogens (primary N) is 1. The topological polar surface area (TPSA) is 81.2 Å². The number of aromatic nitrogens is 1. The van der Waals surface area contributed by atoms with E-state index in [0.29, 0.717) is 18.2 Å². The van der Waals surface area contributed by atoms with Gasteiger partial charge >= 0.3 is 0 Å². The van der Waals surface area contributed by atoms with E-state index in [0.717, 1.165) is 44.2 Å². The number of amides is 1. The molecule has 2 rings (SSSR count). The molecule has 1 aromatic rings. The minimum Gasteiger partial charge on any atom is -0.351 e. The number of nitrogens with zero attached hydrogens (tertiary/aromatic N) is 1. The first-order chi connectivity index (χ1) is 9.64. The average molecular weight is 316 g/mol. The van der Waals surface area contributed by atoms with E-state index in [9.17, 15) is 4.79 Å². The van der Waals surface area contributed by atoms with Crippen LogP contribution in [0.3, 0.4) is 0 Å². The Morgan fingerprint density at radius 2 is 2.05 bits per heavy atom. The van der Waals surface area contributed by atoms with E-state index in [1.807, 2.05) is 0 Å². The quantitative estimate of drug-likeness (QED) is 0.845. The largest absolute Gasteiger partial charge is 0.351 e. The molecule has 0 bridgehead atoms. The number of rotatable bonds is 6. The van der Waals surface area contributed by atoms with E-state index in [1.165, 1.54) is 0 Å².